The van der Waals surface area contributed by atoms with E-state index in [9.17, 15) is 4.79 Å². The number of amides is 1. The van der Waals surface area contributed by atoms with E-state index in [4.69, 9.17) is 4.42 Å². The number of likely N-dealkylation sites (tertiary alicyclic amines) is 1. The van der Waals surface area contributed by atoms with E-state index in [1.165, 1.54) is 25.7 Å². The third-order valence-corrected chi connectivity index (χ3v) is 7.11. The minimum absolute atomic E-state index is 0.179. The van der Waals surface area contributed by atoms with Crippen LogP contribution in [-0.2, 0) is 0 Å². The zero-order chi connectivity index (χ0) is 22.5. The highest BCUT2D eigenvalue weighted by Gasteiger charge is 2.17. The third-order valence-electron chi connectivity index (χ3n) is 6.22. The van der Waals surface area contributed by atoms with Gasteiger partial charge in [-0.1, -0.05) is 28.8 Å². The lowest BCUT2D eigenvalue weighted by molar-refractivity contribution is 0.0943. The minimum Gasteiger partial charge on any atom is -0.464 e. The van der Waals surface area contributed by atoms with Crippen LogP contribution in [0.3, 0.4) is 0 Å². The molecule has 4 rings (SSSR count). The monoisotopic (exact) mass is 498 g/mol. The van der Waals surface area contributed by atoms with E-state index in [0.29, 0.717) is 29.7 Å². The Kier molecular flexibility index (Phi) is 7.48. The number of hydrogen-bond acceptors (Lipinski definition) is 5. The molecule has 170 valence electrons. The topological polar surface area (TPSA) is 70.4 Å². The summed E-state index contributed by atoms with van der Waals surface area (Å²) in [6.07, 6.45) is 7.76. The van der Waals surface area contributed by atoms with Crippen LogP contribution in [0.15, 0.2) is 45.5 Å². The molecule has 0 spiro atoms. The fourth-order valence-corrected chi connectivity index (χ4v) is 4.49. The van der Waals surface area contributed by atoms with Gasteiger partial charge in [-0.15, -0.1) is 0 Å². The molecule has 1 saturated heterocycles. The summed E-state index contributed by atoms with van der Waals surface area (Å²) < 4.78 is 6.64. The number of fused-ring (bicyclic) bond motifs is 1. The maximum Gasteiger partial charge on any atom is 0.270 e. The first kappa shape index (κ1) is 22.8. The molecule has 1 amide bonds. The standard InChI is InChI=1S/C25H31BrN4O2/c1-17-15-19(7-8-21(17)26)28-24-20-10-14-32-23(20)16-22(29-24)25(31)27-11-9-18(2)30-12-5-3-4-6-13-30/h7-8,10,14-16,18H,3-6,9,11-13H2,1-2H3,(H,27,31)(H,28,29)/t18-/m1/s1. The summed E-state index contributed by atoms with van der Waals surface area (Å²) in [5, 5.41) is 7.23. The number of hydrogen-bond donors (Lipinski definition) is 2. The highest BCUT2D eigenvalue weighted by Crippen LogP contribution is 2.28. The summed E-state index contributed by atoms with van der Waals surface area (Å²) in [5.74, 6) is 0.433. The number of halogens is 1. The fraction of sp³-hybridized carbons (Fsp3) is 0.440. The number of benzene rings is 1. The number of nitrogens with one attached hydrogen (secondary N) is 2. The van der Waals surface area contributed by atoms with Crippen molar-refractivity contribution in [2.45, 2.75) is 52.0 Å². The number of aryl methyl sites for hydroxylation is 1. The maximum absolute atomic E-state index is 12.9. The van der Waals surface area contributed by atoms with Crippen LogP contribution in [0.2, 0.25) is 0 Å². The average Bonchev–Trinajstić information content (AvgIpc) is 3.09. The second-order valence-corrected chi connectivity index (χ2v) is 9.48. The van der Waals surface area contributed by atoms with Gasteiger partial charge >= 0.3 is 0 Å². The summed E-state index contributed by atoms with van der Waals surface area (Å²) in [6.45, 7) is 7.25. The highest BCUT2D eigenvalue weighted by molar-refractivity contribution is 9.10. The molecule has 1 atom stereocenters. The number of pyridine rings is 1. The maximum atomic E-state index is 12.9. The summed E-state index contributed by atoms with van der Waals surface area (Å²) in [4.78, 5) is 20.0. The lowest BCUT2D eigenvalue weighted by atomic mass is 10.2. The van der Waals surface area contributed by atoms with E-state index >= 15 is 0 Å². The summed E-state index contributed by atoms with van der Waals surface area (Å²) in [5.41, 5.74) is 3.01. The second-order valence-electron chi connectivity index (χ2n) is 8.62. The van der Waals surface area contributed by atoms with Gasteiger partial charge in [0.15, 0.2) is 0 Å². The summed E-state index contributed by atoms with van der Waals surface area (Å²) >= 11 is 3.53. The normalized spacial score (nSPS) is 16.0. The van der Waals surface area contributed by atoms with Crippen molar-refractivity contribution >= 4 is 44.3 Å². The molecule has 0 bridgehead atoms. The van der Waals surface area contributed by atoms with Gasteiger partial charge in [0.1, 0.15) is 17.1 Å². The molecular weight excluding hydrogens is 468 g/mol. The molecule has 1 aliphatic heterocycles. The van der Waals surface area contributed by atoms with E-state index in [1.807, 2.05) is 31.2 Å². The largest absolute Gasteiger partial charge is 0.464 e. The first-order valence-electron chi connectivity index (χ1n) is 11.4. The number of anilines is 2. The van der Waals surface area contributed by atoms with Gasteiger partial charge in [-0.2, -0.15) is 0 Å². The van der Waals surface area contributed by atoms with Crippen molar-refractivity contribution in [3.63, 3.8) is 0 Å². The lowest BCUT2D eigenvalue weighted by Crippen LogP contribution is -2.37. The molecule has 1 fully saturated rings. The van der Waals surface area contributed by atoms with E-state index < -0.39 is 0 Å². The molecule has 7 heteroatoms. The molecule has 0 radical (unpaired) electrons. The molecule has 6 nitrogen and oxygen atoms in total. The predicted molar refractivity (Wildman–Crippen MR) is 133 cm³/mol. The van der Waals surface area contributed by atoms with Gasteiger partial charge in [-0.3, -0.25) is 4.79 Å². The Morgan fingerprint density at radius 3 is 2.72 bits per heavy atom. The second kappa shape index (κ2) is 10.5. The molecule has 1 aliphatic rings. The number of furan rings is 1. The van der Waals surface area contributed by atoms with Gasteiger partial charge in [0, 0.05) is 28.8 Å². The molecule has 0 aliphatic carbocycles. The quantitative estimate of drug-likeness (QED) is 0.416. The summed E-state index contributed by atoms with van der Waals surface area (Å²) in [6, 6.07) is 10.0. The van der Waals surface area contributed by atoms with Gasteiger partial charge in [0.25, 0.3) is 5.91 Å². The molecule has 2 N–H and O–H groups in total. The van der Waals surface area contributed by atoms with Crippen LogP contribution < -0.4 is 10.6 Å². The average molecular weight is 499 g/mol. The van der Waals surface area contributed by atoms with Crippen molar-refractivity contribution in [2.75, 3.05) is 25.0 Å². The van der Waals surface area contributed by atoms with Crippen LogP contribution in [0.5, 0.6) is 0 Å². The van der Waals surface area contributed by atoms with Gasteiger partial charge in [0.2, 0.25) is 0 Å². The van der Waals surface area contributed by atoms with E-state index in [1.54, 1.807) is 12.3 Å². The van der Waals surface area contributed by atoms with Crippen LogP contribution in [0.4, 0.5) is 11.5 Å². The first-order chi connectivity index (χ1) is 15.5. The molecule has 2 aromatic heterocycles. The van der Waals surface area contributed by atoms with Crippen LogP contribution in [-0.4, -0.2) is 41.5 Å². The predicted octanol–water partition coefficient (Wildman–Crippen LogP) is 6.03. The van der Waals surface area contributed by atoms with Crippen molar-refractivity contribution in [3.05, 3.63) is 52.3 Å². The number of carbonyl (C=O) groups excluding carboxylic acids is 1. The van der Waals surface area contributed by atoms with Gasteiger partial charge < -0.3 is 20.0 Å². The van der Waals surface area contributed by atoms with Crippen molar-refractivity contribution in [3.8, 4) is 0 Å². The molecule has 3 aromatic rings. The Labute approximate surface area is 197 Å². The number of carbonyl (C=O) groups is 1. The van der Waals surface area contributed by atoms with Crippen molar-refractivity contribution < 1.29 is 9.21 Å². The van der Waals surface area contributed by atoms with E-state index in [2.05, 4.69) is 43.4 Å². The smallest absolute Gasteiger partial charge is 0.270 e. The van der Waals surface area contributed by atoms with Crippen molar-refractivity contribution in [1.82, 2.24) is 15.2 Å². The molecule has 0 unspecified atom stereocenters. The van der Waals surface area contributed by atoms with Crippen LogP contribution in [0.1, 0.15) is 55.1 Å². The molecule has 0 saturated carbocycles. The highest BCUT2D eigenvalue weighted by atomic mass is 79.9. The van der Waals surface area contributed by atoms with Crippen molar-refractivity contribution in [2.24, 2.45) is 0 Å². The summed E-state index contributed by atoms with van der Waals surface area (Å²) in [7, 11) is 0. The number of rotatable bonds is 7. The SMILES string of the molecule is Cc1cc(Nc2nc(C(=O)NCC[C@@H](C)N3CCCCCC3)cc3occc23)ccc1Br. The number of nitrogens with zero attached hydrogens (tertiary/aromatic N) is 2. The fourth-order valence-electron chi connectivity index (χ4n) is 4.24. The molecule has 3 heterocycles. The zero-order valence-corrected chi connectivity index (χ0v) is 20.4. The lowest BCUT2D eigenvalue weighted by Gasteiger charge is -2.27. The molecular formula is C25H31BrN4O2. The van der Waals surface area contributed by atoms with E-state index in [-0.39, 0.29) is 5.91 Å². The van der Waals surface area contributed by atoms with Gasteiger partial charge in [-0.05, 0) is 76.0 Å². The zero-order valence-electron chi connectivity index (χ0n) is 18.8. The molecule has 32 heavy (non-hydrogen) atoms. The van der Waals surface area contributed by atoms with Crippen LogP contribution >= 0.6 is 15.9 Å². The van der Waals surface area contributed by atoms with Crippen LogP contribution in [0.25, 0.3) is 11.0 Å². The number of aromatic nitrogens is 1. The first-order valence-corrected chi connectivity index (χ1v) is 12.2. The van der Waals surface area contributed by atoms with Crippen LogP contribution in [0, 0.1) is 6.92 Å². The Morgan fingerprint density at radius 1 is 1.19 bits per heavy atom. The third kappa shape index (κ3) is 5.51. The van der Waals surface area contributed by atoms with Gasteiger partial charge in [0.05, 0.1) is 11.6 Å². The Bertz CT molecular complexity index is 1070. The van der Waals surface area contributed by atoms with Crippen molar-refractivity contribution in [1.29, 1.82) is 0 Å². The minimum atomic E-state index is -0.179. The van der Waals surface area contributed by atoms with Gasteiger partial charge in [-0.25, -0.2) is 4.98 Å². The van der Waals surface area contributed by atoms with E-state index in [0.717, 1.165) is 40.6 Å². The Morgan fingerprint density at radius 2 is 1.97 bits per heavy atom. The molecule has 1 aromatic carbocycles. The Hall–Kier alpha value is -2.38. The Balaban J connectivity index is 1.43.